The molecule has 2 aromatic heterocycles. The molecule has 0 bridgehead atoms. The van der Waals surface area contributed by atoms with Crippen molar-refractivity contribution in [3.8, 4) is 5.88 Å². The summed E-state index contributed by atoms with van der Waals surface area (Å²) in [6, 6.07) is -0.976. The third-order valence-electron chi connectivity index (χ3n) is 5.79. The van der Waals surface area contributed by atoms with Crippen LogP contribution in [0.2, 0.25) is 0 Å². The molecule has 15 heteroatoms. The Labute approximate surface area is 201 Å². The molecular weight excluding hydrogens is 486 g/mol. The van der Waals surface area contributed by atoms with E-state index in [1.54, 1.807) is 27.7 Å². The van der Waals surface area contributed by atoms with E-state index < -0.39 is 43.9 Å². The number of hydrogen-bond donors (Lipinski definition) is 2. The summed E-state index contributed by atoms with van der Waals surface area (Å²) in [5.74, 6) is -0.818. The molecule has 0 aromatic carbocycles. The zero-order valence-electron chi connectivity index (χ0n) is 20.1. The lowest BCUT2D eigenvalue weighted by Crippen LogP contribution is -2.48. The average Bonchev–Trinajstić information content (AvgIpc) is 3.30. The summed E-state index contributed by atoms with van der Waals surface area (Å²) in [4.78, 5) is 24.8. The maximum absolute atomic E-state index is 16.3. The van der Waals surface area contributed by atoms with Gasteiger partial charge in [-0.25, -0.2) is 19.0 Å². The fourth-order valence-electron chi connectivity index (χ4n) is 4.12. The highest BCUT2D eigenvalue weighted by Gasteiger charge is 2.61. The molecule has 2 aromatic rings. The van der Waals surface area contributed by atoms with Crippen LogP contribution >= 0.6 is 7.75 Å². The number of nitrogens with two attached hydrogens (primary N) is 1. The molecule has 4 rings (SSSR count). The zero-order valence-corrected chi connectivity index (χ0v) is 21.0. The van der Waals surface area contributed by atoms with Gasteiger partial charge in [0.25, 0.3) is 0 Å². The van der Waals surface area contributed by atoms with E-state index in [0.717, 1.165) is 0 Å². The van der Waals surface area contributed by atoms with E-state index in [2.05, 4.69) is 20.0 Å². The van der Waals surface area contributed by atoms with E-state index >= 15 is 4.39 Å². The maximum Gasteiger partial charge on any atom is 0.406 e. The Morgan fingerprint density at radius 1 is 1.40 bits per heavy atom. The smallest absolute Gasteiger partial charge is 0.406 e. The standard InChI is InChI=1S/C20H30FN6O7P/c1-6-30-16-13-15(24-19(22)25-16)27(9-23-13)18-20(5,21)14-11(33-18)8-32-35(29,34-14)26-12(10(3)4)17(28)31-7-2/h9-12,14,18H,6-8H2,1-5H3,(H,26,29)(H2,22,24,25)/t11-,12?,14-,18-,20-,35+/m1/s1. The minimum absolute atomic E-state index is 0.0781. The first-order valence-corrected chi connectivity index (χ1v) is 12.9. The molecule has 3 N–H and O–H groups in total. The number of nitrogens with zero attached hydrogens (tertiary/aromatic N) is 4. The lowest BCUT2D eigenvalue weighted by Gasteiger charge is -2.36. The summed E-state index contributed by atoms with van der Waals surface area (Å²) < 4.78 is 58.6. The molecule has 2 aliphatic heterocycles. The lowest BCUT2D eigenvalue weighted by atomic mass is 9.98. The van der Waals surface area contributed by atoms with Crippen molar-refractivity contribution >= 4 is 30.8 Å². The number of fused-ring (bicyclic) bond motifs is 2. The number of rotatable bonds is 8. The summed E-state index contributed by atoms with van der Waals surface area (Å²) >= 11 is 0. The number of carbonyl (C=O) groups excluding carboxylic acids is 1. The van der Waals surface area contributed by atoms with Gasteiger partial charge in [-0.2, -0.15) is 9.97 Å². The number of nitrogens with one attached hydrogen (secondary N) is 1. The molecule has 4 heterocycles. The highest BCUT2D eigenvalue weighted by molar-refractivity contribution is 7.51. The van der Waals surface area contributed by atoms with Gasteiger partial charge in [0, 0.05) is 0 Å². The molecule has 2 aliphatic rings. The van der Waals surface area contributed by atoms with Gasteiger partial charge >= 0.3 is 13.7 Å². The molecule has 6 atom stereocenters. The zero-order chi connectivity index (χ0) is 25.5. The number of carbonyl (C=O) groups is 1. The number of esters is 1. The summed E-state index contributed by atoms with van der Waals surface area (Å²) in [5, 5.41) is 2.62. The van der Waals surface area contributed by atoms with Gasteiger partial charge in [0.15, 0.2) is 23.1 Å². The first kappa shape index (κ1) is 25.7. The molecule has 0 saturated carbocycles. The Morgan fingerprint density at radius 3 is 2.80 bits per heavy atom. The number of anilines is 1. The second-order valence-electron chi connectivity index (χ2n) is 8.74. The van der Waals surface area contributed by atoms with Crippen LogP contribution in [0.5, 0.6) is 5.88 Å². The highest BCUT2D eigenvalue weighted by atomic mass is 31.2. The van der Waals surface area contributed by atoms with Crippen LogP contribution < -0.4 is 15.6 Å². The van der Waals surface area contributed by atoms with Crippen molar-refractivity contribution in [2.75, 3.05) is 25.6 Å². The quantitative estimate of drug-likeness (QED) is 0.389. The number of imidazole rings is 1. The molecule has 0 radical (unpaired) electrons. The normalized spacial score (nSPS) is 31.5. The molecular formula is C20H30FN6O7P. The van der Waals surface area contributed by atoms with Crippen molar-refractivity contribution in [3.63, 3.8) is 0 Å². The van der Waals surface area contributed by atoms with E-state index in [1.165, 1.54) is 17.8 Å². The Kier molecular flexibility index (Phi) is 7.04. The van der Waals surface area contributed by atoms with Crippen LogP contribution in [0.15, 0.2) is 6.33 Å². The van der Waals surface area contributed by atoms with Gasteiger partial charge in [0.2, 0.25) is 11.8 Å². The molecule has 0 aliphatic carbocycles. The fourth-order valence-corrected chi connectivity index (χ4v) is 6.04. The largest absolute Gasteiger partial charge is 0.476 e. The van der Waals surface area contributed by atoms with Crippen LogP contribution in [0.4, 0.5) is 10.3 Å². The second kappa shape index (κ2) is 9.58. The van der Waals surface area contributed by atoms with Crippen LogP contribution in [-0.2, 0) is 27.9 Å². The lowest BCUT2D eigenvalue weighted by molar-refractivity contribution is -0.146. The van der Waals surface area contributed by atoms with Gasteiger partial charge in [-0.3, -0.25) is 18.4 Å². The summed E-state index contributed by atoms with van der Waals surface area (Å²) in [5.41, 5.74) is 4.11. The molecule has 194 valence electrons. The van der Waals surface area contributed by atoms with Crippen LogP contribution in [0.1, 0.15) is 40.8 Å². The predicted molar refractivity (Wildman–Crippen MR) is 121 cm³/mol. The minimum Gasteiger partial charge on any atom is -0.476 e. The van der Waals surface area contributed by atoms with Crippen molar-refractivity contribution in [3.05, 3.63) is 6.33 Å². The van der Waals surface area contributed by atoms with Crippen molar-refractivity contribution in [2.45, 2.75) is 64.8 Å². The van der Waals surface area contributed by atoms with Crippen molar-refractivity contribution in [1.29, 1.82) is 0 Å². The Morgan fingerprint density at radius 2 is 2.14 bits per heavy atom. The van der Waals surface area contributed by atoms with Crippen LogP contribution in [0.25, 0.3) is 11.2 Å². The average molecular weight is 516 g/mol. The number of alkyl halides is 1. The topological polar surface area (TPSA) is 162 Å². The van der Waals surface area contributed by atoms with Gasteiger partial charge in [-0.1, -0.05) is 13.8 Å². The van der Waals surface area contributed by atoms with Crippen LogP contribution in [0, 0.1) is 5.92 Å². The van der Waals surface area contributed by atoms with Crippen molar-refractivity contribution in [1.82, 2.24) is 24.6 Å². The van der Waals surface area contributed by atoms with E-state index in [0.29, 0.717) is 6.61 Å². The summed E-state index contributed by atoms with van der Waals surface area (Å²) in [7, 11) is -4.09. The number of ether oxygens (including phenoxy) is 3. The number of nitrogen functional groups attached to an aromatic ring is 1. The Hall–Kier alpha value is -2.38. The van der Waals surface area contributed by atoms with Gasteiger partial charge in [0.05, 0.1) is 26.1 Å². The molecule has 13 nitrogen and oxygen atoms in total. The number of aromatic nitrogens is 4. The van der Waals surface area contributed by atoms with Crippen molar-refractivity contribution < 1.29 is 37.0 Å². The number of halogens is 1. The van der Waals surface area contributed by atoms with E-state index in [9.17, 15) is 9.36 Å². The van der Waals surface area contributed by atoms with Crippen LogP contribution in [-0.4, -0.2) is 69.2 Å². The summed E-state index contributed by atoms with van der Waals surface area (Å²) in [6.45, 7) is 8.44. The molecule has 2 saturated heterocycles. The first-order chi connectivity index (χ1) is 16.5. The van der Waals surface area contributed by atoms with Crippen molar-refractivity contribution in [2.24, 2.45) is 5.92 Å². The third-order valence-corrected chi connectivity index (χ3v) is 7.37. The minimum atomic E-state index is -4.09. The Bertz CT molecular complexity index is 1140. The van der Waals surface area contributed by atoms with Crippen LogP contribution in [0.3, 0.4) is 0 Å². The van der Waals surface area contributed by atoms with E-state index in [1.807, 2.05) is 0 Å². The number of hydrogen-bond acceptors (Lipinski definition) is 11. The highest BCUT2D eigenvalue weighted by Crippen LogP contribution is 2.57. The SMILES string of the molecule is CCOC(=O)C(N[P@]1(=O)OC[C@H]2O[C@@H](n3cnc4c(OCC)nc(N)nc43)[C@](C)(F)[C@@H]2O1)C(C)C. The summed E-state index contributed by atoms with van der Waals surface area (Å²) in [6.07, 6.45) is -2.08. The molecule has 1 unspecified atom stereocenters. The van der Waals surface area contributed by atoms with Gasteiger partial charge < -0.3 is 19.9 Å². The third kappa shape index (κ3) is 4.73. The van der Waals surface area contributed by atoms with Gasteiger partial charge in [-0.15, -0.1) is 0 Å². The molecule has 0 spiro atoms. The van der Waals surface area contributed by atoms with E-state index in [-0.39, 0.29) is 42.1 Å². The monoisotopic (exact) mass is 516 g/mol. The predicted octanol–water partition coefficient (Wildman–Crippen LogP) is 2.13. The van der Waals surface area contributed by atoms with E-state index in [4.69, 9.17) is 29.0 Å². The first-order valence-electron chi connectivity index (χ1n) is 11.3. The van der Waals surface area contributed by atoms with Gasteiger partial charge in [0.1, 0.15) is 18.2 Å². The second-order valence-corrected chi connectivity index (χ2v) is 10.5. The maximum atomic E-state index is 16.3. The fraction of sp³-hybridized carbons (Fsp3) is 0.700. The molecule has 0 amide bonds. The molecule has 2 fully saturated rings. The molecule has 35 heavy (non-hydrogen) atoms. The van der Waals surface area contributed by atoms with Gasteiger partial charge in [-0.05, 0) is 26.7 Å². The Balaban J connectivity index is 1.61.